The molecule has 0 unspecified atom stereocenters. The van der Waals surface area contributed by atoms with E-state index in [-0.39, 0.29) is 6.61 Å². The molecule has 0 radical (unpaired) electrons. The molecule has 0 spiro atoms. The molecule has 2 aromatic carbocycles. The molecular formula is C15H13NO2. The summed E-state index contributed by atoms with van der Waals surface area (Å²) in [6.45, 7) is 1.91. The van der Waals surface area contributed by atoms with Gasteiger partial charge in [0.15, 0.2) is 0 Å². The average Bonchev–Trinajstić information content (AvgIpc) is 2.42. The van der Waals surface area contributed by atoms with E-state index in [1.807, 2.05) is 19.1 Å². The van der Waals surface area contributed by atoms with Gasteiger partial charge >= 0.3 is 0 Å². The van der Waals surface area contributed by atoms with Gasteiger partial charge in [0.2, 0.25) is 0 Å². The van der Waals surface area contributed by atoms with Crippen LogP contribution in [0.5, 0.6) is 11.5 Å². The summed E-state index contributed by atoms with van der Waals surface area (Å²) in [6.07, 6.45) is 0. The largest absolute Gasteiger partial charge is 0.456 e. The lowest BCUT2D eigenvalue weighted by Crippen LogP contribution is -1.92. The summed E-state index contributed by atoms with van der Waals surface area (Å²) in [5, 5.41) is 18.0. The number of aliphatic hydroxyl groups is 1. The zero-order chi connectivity index (χ0) is 13.0. The van der Waals surface area contributed by atoms with Crippen molar-refractivity contribution in [2.45, 2.75) is 13.5 Å². The van der Waals surface area contributed by atoms with Crippen molar-refractivity contribution in [3.8, 4) is 17.6 Å². The molecule has 0 aliphatic rings. The number of para-hydroxylation sites is 1. The van der Waals surface area contributed by atoms with Gasteiger partial charge < -0.3 is 9.84 Å². The van der Waals surface area contributed by atoms with Crippen LogP contribution in [-0.2, 0) is 6.61 Å². The predicted octanol–water partition coefficient (Wildman–Crippen LogP) is 3.15. The van der Waals surface area contributed by atoms with E-state index in [1.165, 1.54) is 0 Å². The first-order valence-electron chi connectivity index (χ1n) is 5.62. The van der Waals surface area contributed by atoms with E-state index in [0.717, 1.165) is 11.1 Å². The second kappa shape index (κ2) is 5.35. The van der Waals surface area contributed by atoms with Crippen LogP contribution in [0.4, 0.5) is 0 Å². The van der Waals surface area contributed by atoms with Gasteiger partial charge in [-0.25, -0.2) is 0 Å². The van der Waals surface area contributed by atoms with Gasteiger partial charge in [0.25, 0.3) is 0 Å². The minimum absolute atomic E-state index is 0.00803. The van der Waals surface area contributed by atoms with Crippen LogP contribution in [0.15, 0.2) is 42.5 Å². The molecule has 0 heterocycles. The molecule has 0 atom stereocenters. The summed E-state index contributed by atoms with van der Waals surface area (Å²) >= 11 is 0. The molecular weight excluding hydrogens is 226 g/mol. The molecule has 0 aliphatic carbocycles. The minimum Gasteiger partial charge on any atom is -0.456 e. The Hall–Kier alpha value is -2.31. The topological polar surface area (TPSA) is 53.2 Å². The van der Waals surface area contributed by atoms with Gasteiger partial charge in [0.1, 0.15) is 17.6 Å². The van der Waals surface area contributed by atoms with Crippen molar-refractivity contribution >= 4 is 0 Å². The molecule has 0 amide bonds. The highest BCUT2D eigenvalue weighted by atomic mass is 16.5. The van der Waals surface area contributed by atoms with E-state index in [0.29, 0.717) is 17.1 Å². The molecule has 2 rings (SSSR count). The normalized spacial score (nSPS) is 9.83. The molecule has 1 N–H and O–H groups in total. The summed E-state index contributed by atoms with van der Waals surface area (Å²) in [5.74, 6) is 1.23. The Morgan fingerprint density at radius 3 is 2.50 bits per heavy atom. The number of nitrogens with zero attached hydrogens (tertiary/aromatic N) is 1. The highest BCUT2D eigenvalue weighted by Gasteiger charge is 2.07. The number of rotatable bonds is 3. The second-order valence-electron chi connectivity index (χ2n) is 3.97. The zero-order valence-electron chi connectivity index (χ0n) is 10.1. The molecule has 3 heteroatoms. The molecule has 0 aliphatic heterocycles. The number of benzene rings is 2. The minimum atomic E-state index is 0.00803. The lowest BCUT2D eigenvalue weighted by molar-refractivity contribution is 0.281. The maximum atomic E-state index is 9.04. The number of aliphatic hydroxyl groups excluding tert-OH is 1. The van der Waals surface area contributed by atoms with E-state index >= 15 is 0 Å². The van der Waals surface area contributed by atoms with Crippen molar-refractivity contribution in [3.63, 3.8) is 0 Å². The smallest absolute Gasteiger partial charge is 0.148 e. The molecule has 2 aromatic rings. The van der Waals surface area contributed by atoms with E-state index in [2.05, 4.69) is 6.07 Å². The standard InChI is InChI=1S/C15H13NO2/c1-11-3-2-4-13(9-16)15(11)18-14-7-5-12(10-17)6-8-14/h2-8,17H,10H2,1H3. The van der Waals surface area contributed by atoms with Gasteiger partial charge in [0, 0.05) is 0 Å². The number of hydrogen-bond donors (Lipinski definition) is 1. The Bertz CT molecular complexity index is 582. The van der Waals surface area contributed by atoms with Gasteiger partial charge in [-0.2, -0.15) is 5.26 Å². The van der Waals surface area contributed by atoms with Crippen molar-refractivity contribution in [2.75, 3.05) is 0 Å². The Labute approximate surface area is 106 Å². The highest BCUT2D eigenvalue weighted by molar-refractivity contribution is 5.50. The van der Waals surface area contributed by atoms with Gasteiger partial charge in [-0.3, -0.25) is 0 Å². The predicted molar refractivity (Wildman–Crippen MR) is 68.3 cm³/mol. The summed E-state index contributed by atoms with van der Waals surface area (Å²) in [6, 6.07) is 14.7. The quantitative estimate of drug-likeness (QED) is 0.895. The fourth-order valence-electron chi connectivity index (χ4n) is 1.66. The highest BCUT2D eigenvalue weighted by Crippen LogP contribution is 2.28. The third-order valence-corrected chi connectivity index (χ3v) is 2.66. The fraction of sp³-hybridized carbons (Fsp3) is 0.133. The number of aryl methyl sites for hydroxylation is 1. The van der Waals surface area contributed by atoms with E-state index in [1.54, 1.807) is 30.3 Å². The Balaban J connectivity index is 2.31. The third kappa shape index (κ3) is 2.50. The van der Waals surface area contributed by atoms with E-state index < -0.39 is 0 Å². The second-order valence-corrected chi connectivity index (χ2v) is 3.97. The Morgan fingerprint density at radius 1 is 1.17 bits per heavy atom. The van der Waals surface area contributed by atoms with Crippen molar-refractivity contribution in [1.29, 1.82) is 5.26 Å². The van der Waals surface area contributed by atoms with Crippen molar-refractivity contribution in [1.82, 2.24) is 0 Å². The first kappa shape index (κ1) is 12.2. The maximum absolute atomic E-state index is 9.04. The summed E-state index contributed by atoms with van der Waals surface area (Å²) in [7, 11) is 0. The van der Waals surface area contributed by atoms with Crippen molar-refractivity contribution < 1.29 is 9.84 Å². The number of nitriles is 1. The maximum Gasteiger partial charge on any atom is 0.148 e. The number of hydrogen-bond acceptors (Lipinski definition) is 3. The molecule has 0 fully saturated rings. The van der Waals surface area contributed by atoms with Gasteiger partial charge in [-0.1, -0.05) is 24.3 Å². The Kier molecular flexibility index (Phi) is 3.61. The first-order chi connectivity index (χ1) is 8.74. The van der Waals surface area contributed by atoms with Crippen LogP contribution in [0.3, 0.4) is 0 Å². The summed E-state index contributed by atoms with van der Waals surface area (Å²) in [5.41, 5.74) is 2.26. The number of ether oxygens (including phenoxy) is 1. The van der Waals surface area contributed by atoms with Crippen LogP contribution in [0.2, 0.25) is 0 Å². The van der Waals surface area contributed by atoms with Gasteiger partial charge in [-0.05, 0) is 36.2 Å². The van der Waals surface area contributed by atoms with Crippen LogP contribution in [0, 0.1) is 18.3 Å². The fourth-order valence-corrected chi connectivity index (χ4v) is 1.66. The van der Waals surface area contributed by atoms with E-state index in [9.17, 15) is 0 Å². The summed E-state index contributed by atoms with van der Waals surface area (Å²) in [4.78, 5) is 0. The first-order valence-corrected chi connectivity index (χ1v) is 5.62. The molecule has 18 heavy (non-hydrogen) atoms. The Morgan fingerprint density at radius 2 is 1.89 bits per heavy atom. The lowest BCUT2D eigenvalue weighted by atomic mass is 10.1. The SMILES string of the molecule is Cc1cccc(C#N)c1Oc1ccc(CO)cc1. The third-order valence-electron chi connectivity index (χ3n) is 2.66. The molecule has 0 aromatic heterocycles. The lowest BCUT2D eigenvalue weighted by Gasteiger charge is -2.10. The molecule has 0 saturated heterocycles. The molecule has 0 bridgehead atoms. The van der Waals surface area contributed by atoms with E-state index in [4.69, 9.17) is 15.1 Å². The van der Waals surface area contributed by atoms with Gasteiger partial charge in [0.05, 0.1) is 12.2 Å². The summed E-state index contributed by atoms with van der Waals surface area (Å²) < 4.78 is 5.73. The zero-order valence-corrected chi connectivity index (χ0v) is 10.1. The molecule has 3 nitrogen and oxygen atoms in total. The van der Waals surface area contributed by atoms with Crippen LogP contribution in [-0.4, -0.2) is 5.11 Å². The van der Waals surface area contributed by atoms with Crippen LogP contribution >= 0.6 is 0 Å². The van der Waals surface area contributed by atoms with Crippen LogP contribution in [0.1, 0.15) is 16.7 Å². The van der Waals surface area contributed by atoms with Gasteiger partial charge in [-0.15, -0.1) is 0 Å². The van der Waals surface area contributed by atoms with Crippen molar-refractivity contribution in [3.05, 3.63) is 59.2 Å². The molecule has 90 valence electrons. The average molecular weight is 239 g/mol. The molecule has 0 saturated carbocycles. The monoisotopic (exact) mass is 239 g/mol. The van der Waals surface area contributed by atoms with Crippen molar-refractivity contribution in [2.24, 2.45) is 0 Å². The van der Waals surface area contributed by atoms with Crippen LogP contribution in [0.25, 0.3) is 0 Å². The van der Waals surface area contributed by atoms with Crippen LogP contribution < -0.4 is 4.74 Å².